The molecule has 0 saturated carbocycles. The van der Waals surface area contributed by atoms with Crippen molar-refractivity contribution in [2.75, 3.05) is 32.2 Å². The van der Waals surface area contributed by atoms with Crippen LogP contribution in [0.15, 0.2) is 36.4 Å². The van der Waals surface area contributed by atoms with Gasteiger partial charge in [0, 0.05) is 18.3 Å². The molecule has 1 aromatic rings. The lowest BCUT2D eigenvalue weighted by Gasteiger charge is -2.09. The molecule has 2 N–H and O–H groups in total. The van der Waals surface area contributed by atoms with Crippen LogP contribution >= 0.6 is 0 Å². The number of carbonyl (C=O) groups excluding carboxylic acids is 1. The van der Waals surface area contributed by atoms with Crippen LogP contribution in [0, 0.1) is 0 Å². The number of urea groups is 1. The highest BCUT2D eigenvalue weighted by Gasteiger charge is 2.01. The summed E-state index contributed by atoms with van der Waals surface area (Å²) in [6, 6.07) is 6.89. The summed E-state index contributed by atoms with van der Waals surface area (Å²) in [7, 11) is 1.58. The van der Waals surface area contributed by atoms with Crippen LogP contribution < -0.4 is 15.4 Å². The molecule has 5 heteroatoms. The summed E-state index contributed by atoms with van der Waals surface area (Å²) >= 11 is 0. The number of anilines is 1. The van der Waals surface area contributed by atoms with Crippen molar-refractivity contribution in [3.05, 3.63) is 36.4 Å². The molecule has 5 nitrogen and oxygen atoms in total. The first kappa shape index (κ1) is 15.0. The molecule has 1 aromatic carbocycles. The van der Waals surface area contributed by atoms with Crippen molar-refractivity contribution in [3.8, 4) is 5.75 Å². The molecule has 0 aromatic heterocycles. The van der Waals surface area contributed by atoms with Gasteiger partial charge in [0.05, 0.1) is 20.3 Å². The van der Waals surface area contributed by atoms with Gasteiger partial charge in [-0.05, 0) is 19.1 Å². The van der Waals surface area contributed by atoms with Gasteiger partial charge in [0.1, 0.15) is 5.75 Å². The molecule has 19 heavy (non-hydrogen) atoms. The van der Waals surface area contributed by atoms with Gasteiger partial charge in [-0.1, -0.05) is 18.2 Å². The third-order valence-electron chi connectivity index (χ3n) is 2.21. The highest BCUT2D eigenvalue weighted by atomic mass is 16.5. The van der Waals surface area contributed by atoms with Gasteiger partial charge < -0.3 is 20.1 Å². The number of ether oxygens (including phenoxy) is 2. The van der Waals surface area contributed by atoms with Gasteiger partial charge in [-0.15, -0.1) is 0 Å². The van der Waals surface area contributed by atoms with Crippen LogP contribution in [-0.4, -0.2) is 32.9 Å². The van der Waals surface area contributed by atoms with Crippen molar-refractivity contribution in [2.45, 2.75) is 6.92 Å². The van der Waals surface area contributed by atoms with E-state index in [4.69, 9.17) is 9.47 Å². The van der Waals surface area contributed by atoms with Crippen LogP contribution in [0.1, 0.15) is 6.92 Å². The first-order valence-electron chi connectivity index (χ1n) is 6.03. The molecule has 104 valence electrons. The zero-order valence-electron chi connectivity index (χ0n) is 11.4. The summed E-state index contributed by atoms with van der Waals surface area (Å²) in [5, 5.41) is 5.41. The zero-order chi connectivity index (χ0) is 14.1. The maximum absolute atomic E-state index is 11.6. The van der Waals surface area contributed by atoms with E-state index < -0.39 is 0 Å². The van der Waals surface area contributed by atoms with Crippen LogP contribution in [-0.2, 0) is 4.74 Å². The van der Waals surface area contributed by atoms with Gasteiger partial charge >= 0.3 is 6.03 Å². The van der Waals surface area contributed by atoms with E-state index in [0.717, 1.165) is 5.57 Å². The van der Waals surface area contributed by atoms with E-state index in [9.17, 15) is 4.79 Å². The smallest absolute Gasteiger partial charge is 0.319 e. The SMILES string of the molecule is C=C(C)COCCNC(=O)Nc1cccc(OC)c1. The summed E-state index contributed by atoms with van der Waals surface area (Å²) in [6.45, 7) is 7.03. The molecule has 0 saturated heterocycles. The van der Waals surface area contributed by atoms with E-state index in [1.807, 2.05) is 19.1 Å². The van der Waals surface area contributed by atoms with Gasteiger partial charge in [0.15, 0.2) is 0 Å². The minimum absolute atomic E-state index is 0.271. The maximum Gasteiger partial charge on any atom is 0.319 e. The van der Waals surface area contributed by atoms with Crippen molar-refractivity contribution in [1.82, 2.24) is 5.32 Å². The topological polar surface area (TPSA) is 59.6 Å². The Balaban J connectivity index is 2.25. The Bertz CT molecular complexity index is 432. The largest absolute Gasteiger partial charge is 0.497 e. The summed E-state index contributed by atoms with van der Waals surface area (Å²) in [6.07, 6.45) is 0. The number of amides is 2. The number of hydrogen-bond acceptors (Lipinski definition) is 3. The Labute approximate surface area is 113 Å². The highest BCUT2D eigenvalue weighted by Crippen LogP contribution is 2.16. The quantitative estimate of drug-likeness (QED) is 0.587. The van der Waals surface area contributed by atoms with Gasteiger partial charge in [0.2, 0.25) is 0 Å². The van der Waals surface area contributed by atoms with Crippen LogP contribution in [0.25, 0.3) is 0 Å². The zero-order valence-corrected chi connectivity index (χ0v) is 11.4. The third kappa shape index (κ3) is 6.47. The lowest BCUT2D eigenvalue weighted by molar-refractivity contribution is 0.159. The fourth-order valence-electron chi connectivity index (χ4n) is 1.36. The molecule has 0 aliphatic rings. The number of nitrogens with one attached hydrogen (secondary N) is 2. The molecule has 0 spiro atoms. The molecular weight excluding hydrogens is 244 g/mol. The van der Waals surface area contributed by atoms with Crippen LogP contribution in [0.5, 0.6) is 5.75 Å². The van der Waals surface area contributed by atoms with E-state index in [1.165, 1.54) is 0 Å². The minimum Gasteiger partial charge on any atom is -0.497 e. The van der Waals surface area contributed by atoms with Crippen LogP contribution in [0.3, 0.4) is 0 Å². The second-order valence-electron chi connectivity index (χ2n) is 4.12. The van der Waals surface area contributed by atoms with Gasteiger partial charge in [-0.3, -0.25) is 0 Å². The van der Waals surface area contributed by atoms with Gasteiger partial charge in [-0.25, -0.2) is 4.79 Å². The first-order chi connectivity index (χ1) is 9.11. The average Bonchev–Trinajstić information content (AvgIpc) is 2.38. The number of carbonyl (C=O) groups is 1. The van der Waals surface area contributed by atoms with Crippen LogP contribution in [0.2, 0.25) is 0 Å². The second kappa shape index (κ2) is 8.16. The van der Waals surface area contributed by atoms with E-state index >= 15 is 0 Å². The Kier molecular flexibility index (Phi) is 6.46. The summed E-state index contributed by atoms with van der Waals surface area (Å²) in [5.41, 5.74) is 1.64. The third-order valence-corrected chi connectivity index (χ3v) is 2.21. The molecule has 0 unspecified atom stereocenters. The molecule has 0 radical (unpaired) electrons. The molecule has 0 atom stereocenters. The monoisotopic (exact) mass is 264 g/mol. The maximum atomic E-state index is 11.6. The minimum atomic E-state index is -0.271. The number of methoxy groups -OCH3 is 1. The lowest BCUT2D eigenvalue weighted by Crippen LogP contribution is -2.31. The van der Waals surface area contributed by atoms with Crippen molar-refractivity contribution >= 4 is 11.7 Å². The molecular formula is C14H20N2O3. The molecule has 0 aliphatic heterocycles. The van der Waals surface area contributed by atoms with Gasteiger partial charge in [0.25, 0.3) is 0 Å². The van der Waals surface area contributed by atoms with E-state index in [0.29, 0.717) is 31.2 Å². The van der Waals surface area contributed by atoms with E-state index in [2.05, 4.69) is 17.2 Å². The Morgan fingerprint density at radius 3 is 2.89 bits per heavy atom. The van der Waals surface area contributed by atoms with E-state index in [-0.39, 0.29) is 6.03 Å². The fourth-order valence-corrected chi connectivity index (χ4v) is 1.36. The van der Waals surface area contributed by atoms with Crippen molar-refractivity contribution < 1.29 is 14.3 Å². The molecule has 0 fully saturated rings. The molecule has 2 amide bonds. The van der Waals surface area contributed by atoms with Crippen LogP contribution in [0.4, 0.5) is 10.5 Å². The predicted molar refractivity (Wildman–Crippen MR) is 75.6 cm³/mol. The highest BCUT2D eigenvalue weighted by molar-refractivity contribution is 5.89. The number of benzene rings is 1. The summed E-state index contributed by atoms with van der Waals surface area (Å²) in [5.74, 6) is 0.697. The standard InChI is InChI=1S/C14H20N2O3/c1-11(2)10-19-8-7-15-14(17)16-12-5-4-6-13(9-12)18-3/h4-6,9H,1,7-8,10H2,2-3H3,(H2,15,16,17). The van der Waals surface area contributed by atoms with Gasteiger partial charge in [-0.2, -0.15) is 0 Å². The molecule has 0 heterocycles. The summed E-state index contributed by atoms with van der Waals surface area (Å²) < 4.78 is 10.3. The Morgan fingerprint density at radius 1 is 1.42 bits per heavy atom. The van der Waals surface area contributed by atoms with E-state index in [1.54, 1.807) is 19.2 Å². The Morgan fingerprint density at radius 2 is 2.21 bits per heavy atom. The molecule has 1 rings (SSSR count). The second-order valence-corrected chi connectivity index (χ2v) is 4.12. The predicted octanol–water partition coefficient (Wildman–Crippen LogP) is 2.41. The fraction of sp³-hybridized carbons (Fsp3) is 0.357. The van der Waals surface area contributed by atoms with Crippen molar-refractivity contribution in [1.29, 1.82) is 0 Å². The van der Waals surface area contributed by atoms with Crippen molar-refractivity contribution in [2.24, 2.45) is 0 Å². The first-order valence-corrected chi connectivity index (χ1v) is 6.03. The lowest BCUT2D eigenvalue weighted by atomic mass is 10.3. The Hall–Kier alpha value is -2.01. The van der Waals surface area contributed by atoms with Crippen molar-refractivity contribution in [3.63, 3.8) is 0 Å². The summed E-state index contributed by atoms with van der Waals surface area (Å²) in [4.78, 5) is 11.6. The molecule has 0 bridgehead atoms. The molecule has 0 aliphatic carbocycles. The average molecular weight is 264 g/mol. The number of rotatable bonds is 7. The normalized spacial score (nSPS) is 9.79. The number of hydrogen-bond donors (Lipinski definition) is 2.